The molecule has 3 rings (SSSR count). The van der Waals surface area contributed by atoms with Gasteiger partial charge in [-0.2, -0.15) is 15.0 Å². The summed E-state index contributed by atoms with van der Waals surface area (Å²) in [6.45, 7) is 3.84. The van der Waals surface area contributed by atoms with Crippen LogP contribution in [0.4, 0.5) is 0 Å². The Balaban J connectivity index is 0.00000147. The molecule has 0 spiro atoms. The van der Waals surface area contributed by atoms with E-state index in [-0.39, 0.29) is 12.4 Å². The molecule has 0 amide bonds. The Morgan fingerprint density at radius 3 is 2.75 bits per heavy atom. The number of benzene rings is 1. The minimum atomic E-state index is 0. The molecule has 2 N–H and O–H groups in total. The fourth-order valence-electron chi connectivity index (χ4n) is 2.53. The monoisotopic (exact) mass is 293 g/mol. The van der Waals surface area contributed by atoms with Crippen LogP contribution in [0.3, 0.4) is 0 Å². The highest BCUT2D eigenvalue weighted by atomic mass is 35.5. The van der Waals surface area contributed by atoms with E-state index in [2.05, 4.69) is 15.1 Å². The maximum absolute atomic E-state index is 5.71. The number of rotatable bonds is 4. The second kappa shape index (κ2) is 6.83. The minimum absolute atomic E-state index is 0. The minimum Gasteiger partial charge on any atom is -0.330 e. The molecule has 0 aliphatic carbocycles. The van der Waals surface area contributed by atoms with Gasteiger partial charge < -0.3 is 5.73 Å². The molecule has 1 aliphatic heterocycles. The van der Waals surface area contributed by atoms with Gasteiger partial charge in [-0.1, -0.05) is 18.2 Å². The zero-order chi connectivity index (χ0) is 13.1. The lowest BCUT2D eigenvalue weighted by Crippen LogP contribution is -2.23. The van der Waals surface area contributed by atoms with E-state index in [9.17, 15) is 0 Å². The average molecular weight is 294 g/mol. The quantitative estimate of drug-likeness (QED) is 0.927. The second-order valence-corrected chi connectivity index (χ2v) is 5.09. The third-order valence-corrected chi connectivity index (χ3v) is 3.62. The highest BCUT2D eigenvalue weighted by molar-refractivity contribution is 5.85. The molecule has 5 nitrogen and oxygen atoms in total. The Morgan fingerprint density at radius 2 is 2.05 bits per heavy atom. The molecule has 1 fully saturated rings. The van der Waals surface area contributed by atoms with Gasteiger partial charge in [0.1, 0.15) is 0 Å². The summed E-state index contributed by atoms with van der Waals surface area (Å²) in [5.74, 6) is 0.643. The first kappa shape index (κ1) is 15.0. The van der Waals surface area contributed by atoms with Gasteiger partial charge in [0, 0.05) is 13.1 Å². The number of nitrogens with two attached hydrogens (primary N) is 1. The van der Waals surface area contributed by atoms with Crippen LogP contribution in [0.2, 0.25) is 0 Å². The van der Waals surface area contributed by atoms with Crippen LogP contribution >= 0.6 is 12.4 Å². The lowest BCUT2D eigenvalue weighted by molar-refractivity contribution is 0.313. The lowest BCUT2D eigenvalue weighted by Gasteiger charge is -2.13. The fraction of sp³-hybridized carbons (Fsp3) is 0.429. The number of aromatic nitrogens is 3. The van der Waals surface area contributed by atoms with Crippen LogP contribution in [-0.2, 0) is 6.54 Å². The van der Waals surface area contributed by atoms with Crippen molar-refractivity contribution in [1.29, 1.82) is 0 Å². The van der Waals surface area contributed by atoms with Gasteiger partial charge in [-0.25, -0.2) is 0 Å². The summed E-state index contributed by atoms with van der Waals surface area (Å²) in [4.78, 5) is 4.09. The number of nitrogens with zero attached hydrogens (tertiary/aromatic N) is 4. The van der Waals surface area contributed by atoms with Gasteiger partial charge in [0.2, 0.25) is 0 Å². The number of hydrogen-bond acceptors (Lipinski definition) is 4. The smallest absolute Gasteiger partial charge is 0.0971 e. The molecule has 1 unspecified atom stereocenters. The summed E-state index contributed by atoms with van der Waals surface area (Å²) in [7, 11) is 0. The molecule has 0 saturated carbocycles. The lowest BCUT2D eigenvalue weighted by atomic mass is 10.1. The first-order valence-corrected chi connectivity index (χ1v) is 6.74. The molecule has 1 aromatic carbocycles. The Morgan fingerprint density at radius 1 is 1.25 bits per heavy atom. The fourth-order valence-corrected chi connectivity index (χ4v) is 2.53. The van der Waals surface area contributed by atoms with Crippen molar-refractivity contribution in [2.45, 2.75) is 13.0 Å². The van der Waals surface area contributed by atoms with Gasteiger partial charge in [0.05, 0.1) is 17.6 Å². The summed E-state index contributed by atoms with van der Waals surface area (Å²) < 4.78 is 0. The van der Waals surface area contributed by atoms with Crippen molar-refractivity contribution in [1.82, 2.24) is 19.9 Å². The Bertz CT molecular complexity index is 527. The molecule has 0 bridgehead atoms. The molecular formula is C14H20ClN5. The van der Waals surface area contributed by atoms with Crippen molar-refractivity contribution in [3.63, 3.8) is 0 Å². The Labute approximate surface area is 125 Å². The van der Waals surface area contributed by atoms with E-state index < -0.39 is 0 Å². The zero-order valence-corrected chi connectivity index (χ0v) is 12.2. The van der Waals surface area contributed by atoms with E-state index in [4.69, 9.17) is 5.73 Å². The molecule has 20 heavy (non-hydrogen) atoms. The van der Waals surface area contributed by atoms with Crippen molar-refractivity contribution < 1.29 is 0 Å². The highest BCUT2D eigenvalue weighted by Crippen LogP contribution is 2.16. The Kier molecular flexibility index (Phi) is 5.11. The average Bonchev–Trinajstić information content (AvgIpc) is 3.09. The van der Waals surface area contributed by atoms with Crippen molar-refractivity contribution in [2.75, 3.05) is 19.6 Å². The van der Waals surface area contributed by atoms with Crippen molar-refractivity contribution >= 4 is 12.4 Å². The van der Waals surface area contributed by atoms with E-state index in [1.165, 1.54) is 6.42 Å². The molecule has 1 atom stereocenters. The van der Waals surface area contributed by atoms with Crippen LogP contribution in [0, 0.1) is 5.92 Å². The third kappa shape index (κ3) is 3.36. The summed E-state index contributed by atoms with van der Waals surface area (Å²) in [5, 5.41) is 8.85. The van der Waals surface area contributed by atoms with Gasteiger partial charge in [-0.05, 0) is 37.6 Å². The summed E-state index contributed by atoms with van der Waals surface area (Å²) in [6.07, 6.45) is 3.05. The SMILES string of the molecule is Cl.NCC1CCN(Cc2cnn(-c3ccccc3)n2)C1. The highest BCUT2D eigenvalue weighted by Gasteiger charge is 2.21. The maximum Gasteiger partial charge on any atom is 0.0971 e. The second-order valence-electron chi connectivity index (χ2n) is 5.09. The molecule has 1 aliphatic rings. The van der Waals surface area contributed by atoms with Crippen LogP contribution in [0.15, 0.2) is 36.5 Å². The molecular weight excluding hydrogens is 274 g/mol. The molecule has 1 saturated heterocycles. The topological polar surface area (TPSA) is 60.0 Å². The first-order valence-electron chi connectivity index (χ1n) is 6.74. The van der Waals surface area contributed by atoms with Gasteiger partial charge in [-0.3, -0.25) is 4.90 Å². The van der Waals surface area contributed by atoms with Gasteiger partial charge >= 0.3 is 0 Å². The van der Waals surface area contributed by atoms with Crippen molar-refractivity contribution in [3.8, 4) is 5.69 Å². The zero-order valence-electron chi connectivity index (χ0n) is 11.4. The third-order valence-electron chi connectivity index (χ3n) is 3.62. The molecule has 1 aromatic heterocycles. The summed E-state index contributed by atoms with van der Waals surface area (Å²) >= 11 is 0. The molecule has 108 valence electrons. The standard InChI is InChI=1S/C14H19N5.ClH/c15-8-12-6-7-18(10-12)11-13-9-16-19(17-13)14-4-2-1-3-5-14;/h1-5,9,12H,6-8,10-11,15H2;1H. The molecule has 0 radical (unpaired) electrons. The normalized spacial score (nSPS) is 18.9. The number of halogens is 1. The van der Waals surface area contributed by atoms with Crippen LogP contribution in [-0.4, -0.2) is 39.5 Å². The van der Waals surface area contributed by atoms with Crippen molar-refractivity contribution in [2.24, 2.45) is 11.7 Å². The van der Waals surface area contributed by atoms with Crippen LogP contribution < -0.4 is 5.73 Å². The summed E-state index contributed by atoms with van der Waals surface area (Å²) in [5.41, 5.74) is 7.72. The van der Waals surface area contributed by atoms with E-state index in [0.717, 1.165) is 37.6 Å². The predicted molar refractivity (Wildman–Crippen MR) is 81.0 cm³/mol. The molecule has 6 heteroatoms. The van der Waals surface area contributed by atoms with Crippen LogP contribution in [0.5, 0.6) is 0 Å². The molecule has 2 aromatic rings. The van der Waals surface area contributed by atoms with Gasteiger partial charge in [0.15, 0.2) is 0 Å². The number of likely N-dealkylation sites (tertiary alicyclic amines) is 1. The predicted octanol–water partition coefficient (Wildman–Crippen LogP) is 1.47. The largest absolute Gasteiger partial charge is 0.330 e. The van der Waals surface area contributed by atoms with E-state index >= 15 is 0 Å². The first-order chi connectivity index (χ1) is 9.35. The molecule has 2 heterocycles. The Hall–Kier alpha value is -1.43. The summed E-state index contributed by atoms with van der Waals surface area (Å²) in [6, 6.07) is 9.98. The van der Waals surface area contributed by atoms with Crippen molar-refractivity contribution in [3.05, 3.63) is 42.2 Å². The number of hydrogen-bond donors (Lipinski definition) is 1. The maximum atomic E-state index is 5.71. The van der Waals surface area contributed by atoms with Gasteiger partial charge in [-0.15, -0.1) is 12.4 Å². The van der Waals surface area contributed by atoms with E-state index in [1.54, 1.807) is 4.80 Å². The van der Waals surface area contributed by atoms with Crippen LogP contribution in [0.1, 0.15) is 12.1 Å². The number of para-hydroxylation sites is 1. The van der Waals surface area contributed by atoms with E-state index in [0.29, 0.717) is 5.92 Å². The van der Waals surface area contributed by atoms with Gasteiger partial charge in [0.25, 0.3) is 0 Å². The van der Waals surface area contributed by atoms with Crippen LogP contribution in [0.25, 0.3) is 5.69 Å². The van der Waals surface area contributed by atoms with E-state index in [1.807, 2.05) is 36.5 Å².